The van der Waals surface area contributed by atoms with Crippen LogP contribution in [-0.2, 0) is 10.8 Å². The number of rotatable bonds is 9. The van der Waals surface area contributed by atoms with E-state index in [1.54, 1.807) is 7.11 Å². The lowest BCUT2D eigenvalue weighted by Crippen LogP contribution is -2.28. The van der Waals surface area contributed by atoms with Gasteiger partial charge in [-0.3, -0.25) is 4.21 Å². The fourth-order valence-electron chi connectivity index (χ4n) is 2.05. The Kier molecular flexibility index (Phi) is 7.85. The fraction of sp³-hybridized carbons (Fsp3) is 0.625. The summed E-state index contributed by atoms with van der Waals surface area (Å²) in [5.74, 6) is 2.76. The number of hydrogen-bond acceptors (Lipinski definition) is 3. The molecule has 0 fully saturated rings. The molecule has 0 aliphatic heterocycles. The van der Waals surface area contributed by atoms with Crippen LogP contribution in [0.2, 0.25) is 0 Å². The second-order valence-corrected chi connectivity index (χ2v) is 6.99. The van der Waals surface area contributed by atoms with Gasteiger partial charge in [-0.1, -0.05) is 32.9 Å². The minimum Gasteiger partial charge on any atom is -0.497 e. The molecule has 0 spiro atoms. The Morgan fingerprint density at radius 3 is 2.35 bits per heavy atom. The van der Waals surface area contributed by atoms with Crippen molar-refractivity contribution in [2.24, 2.45) is 5.92 Å². The van der Waals surface area contributed by atoms with E-state index in [4.69, 9.17) is 4.74 Å². The first-order valence-corrected chi connectivity index (χ1v) is 8.77. The van der Waals surface area contributed by atoms with Gasteiger partial charge in [0.25, 0.3) is 0 Å². The van der Waals surface area contributed by atoms with Gasteiger partial charge < -0.3 is 10.1 Å². The zero-order chi connectivity index (χ0) is 15.0. The van der Waals surface area contributed by atoms with Crippen LogP contribution in [0.4, 0.5) is 0 Å². The largest absolute Gasteiger partial charge is 0.497 e. The number of benzene rings is 1. The molecule has 1 N–H and O–H groups in total. The Labute approximate surface area is 125 Å². The first-order chi connectivity index (χ1) is 9.56. The van der Waals surface area contributed by atoms with Crippen molar-refractivity contribution in [1.29, 1.82) is 0 Å². The molecule has 20 heavy (non-hydrogen) atoms. The molecule has 1 aromatic carbocycles. The fourth-order valence-corrected chi connectivity index (χ4v) is 3.62. The van der Waals surface area contributed by atoms with Crippen LogP contribution in [0.15, 0.2) is 24.3 Å². The zero-order valence-electron chi connectivity index (χ0n) is 13.0. The van der Waals surface area contributed by atoms with Gasteiger partial charge in [-0.15, -0.1) is 0 Å². The maximum absolute atomic E-state index is 12.2. The maximum Gasteiger partial charge on any atom is 0.118 e. The smallest absolute Gasteiger partial charge is 0.118 e. The molecule has 0 heterocycles. The molecule has 1 aromatic rings. The Hall–Kier alpha value is -0.870. The van der Waals surface area contributed by atoms with Crippen molar-refractivity contribution in [2.45, 2.75) is 33.2 Å². The first-order valence-electron chi connectivity index (χ1n) is 7.29. The highest BCUT2D eigenvalue weighted by Gasteiger charge is 2.15. The van der Waals surface area contributed by atoms with Crippen LogP contribution in [0.1, 0.15) is 38.8 Å². The van der Waals surface area contributed by atoms with Crippen molar-refractivity contribution in [3.8, 4) is 5.75 Å². The molecule has 4 heteroatoms. The molecule has 0 aliphatic carbocycles. The molecule has 0 amide bonds. The summed E-state index contributed by atoms with van der Waals surface area (Å²) in [6, 6.07) is 8.18. The molecule has 0 saturated carbocycles. The van der Waals surface area contributed by atoms with Crippen molar-refractivity contribution in [3.05, 3.63) is 29.8 Å². The Morgan fingerprint density at radius 2 is 1.85 bits per heavy atom. The number of hydrogen-bond donors (Lipinski definition) is 1. The second-order valence-electron chi connectivity index (χ2n) is 5.45. The van der Waals surface area contributed by atoms with E-state index >= 15 is 0 Å². The van der Waals surface area contributed by atoms with Gasteiger partial charge in [0.1, 0.15) is 5.75 Å². The number of ether oxygens (including phenoxy) is 1. The molecule has 0 radical (unpaired) electrons. The van der Waals surface area contributed by atoms with Gasteiger partial charge >= 0.3 is 0 Å². The topological polar surface area (TPSA) is 38.3 Å². The highest BCUT2D eigenvalue weighted by atomic mass is 32.2. The highest BCUT2D eigenvalue weighted by Crippen LogP contribution is 2.19. The Morgan fingerprint density at radius 1 is 1.20 bits per heavy atom. The lowest BCUT2D eigenvalue weighted by molar-refractivity contribution is 0.414. The average Bonchev–Trinajstić information content (AvgIpc) is 2.42. The van der Waals surface area contributed by atoms with Crippen molar-refractivity contribution in [2.75, 3.05) is 25.2 Å². The zero-order valence-corrected chi connectivity index (χ0v) is 13.8. The average molecular weight is 297 g/mol. The summed E-state index contributed by atoms with van der Waals surface area (Å²) in [6.45, 7) is 7.30. The number of methoxy groups -OCH3 is 1. The molecule has 3 nitrogen and oxygen atoms in total. The van der Waals surface area contributed by atoms with Gasteiger partial charge in [-0.25, -0.2) is 0 Å². The summed E-state index contributed by atoms with van der Waals surface area (Å²) >= 11 is 0. The second kappa shape index (κ2) is 9.14. The first kappa shape index (κ1) is 17.2. The van der Waals surface area contributed by atoms with Gasteiger partial charge in [0.05, 0.1) is 7.11 Å². The van der Waals surface area contributed by atoms with Crippen LogP contribution in [0.3, 0.4) is 0 Å². The molecule has 0 aromatic heterocycles. The molecule has 114 valence electrons. The lowest BCUT2D eigenvalue weighted by Gasteiger charge is -2.19. The van der Waals surface area contributed by atoms with Crippen LogP contribution in [-0.4, -0.2) is 29.4 Å². The third-order valence-electron chi connectivity index (χ3n) is 3.03. The summed E-state index contributed by atoms with van der Waals surface area (Å²) in [5.41, 5.74) is 1.18. The summed E-state index contributed by atoms with van der Waals surface area (Å²) < 4.78 is 17.4. The van der Waals surface area contributed by atoms with E-state index in [0.717, 1.165) is 24.5 Å². The maximum atomic E-state index is 12.2. The molecule has 0 bridgehead atoms. The van der Waals surface area contributed by atoms with E-state index in [0.29, 0.717) is 11.7 Å². The number of nitrogens with one attached hydrogen (secondary N) is 1. The predicted octanol–water partition coefficient (Wildman–Crippen LogP) is 3.14. The molecular weight excluding hydrogens is 270 g/mol. The molecule has 2 unspecified atom stereocenters. The van der Waals surface area contributed by atoms with Gasteiger partial charge in [-0.05, 0) is 36.6 Å². The summed E-state index contributed by atoms with van der Waals surface area (Å²) in [4.78, 5) is 0. The van der Waals surface area contributed by atoms with Crippen LogP contribution < -0.4 is 10.1 Å². The molecular formula is C16H27NO2S. The van der Waals surface area contributed by atoms with E-state index in [1.165, 1.54) is 5.56 Å². The van der Waals surface area contributed by atoms with Crippen molar-refractivity contribution < 1.29 is 8.95 Å². The van der Waals surface area contributed by atoms with Gasteiger partial charge in [-0.2, -0.15) is 0 Å². The third kappa shape index (κ3) is 6.06. The third-order valence-corrected chi connectivity index (χ3v) is 4.77. The Balaban J connectivity index is 2.73. The SMILES string of the molecule is CCCNC(CS(=O)CC(C)C)c1ccc(OC)cc1. The summed E-state index contributed by atoms with van der Waals surface area (Å²) in [5, 5.41) is 3.49. The predicted molar refractivity (Wildman–Crippen MR) is 86.7 cm³/mol. The van der Waals surface area contributed by atoms with E-state index in [1.807, 2.05) is 12.1 Å². The highest BCUT2D eigenvalue weighted by molar-refractivity contribution is 7.85. The van der Waals surface area contributed by atoms with E-state index in [2.05, 4.69) is 38.2 Å². The molecule has 1 rings (SSSR count). The molecule has 0 saturated heterocycles. The van der Waals surface area contributed by atoms with Crippen LogP contribution in [0.25, 0.3) is 0 Å². The van der Waals surface area contributed by atoms with E-state index in [9.17, 15) is 4.21 Å². The van der Waals surface area contributed by atoms with Gasteiger partial charge in [0.15, 0.2) is 0 Å². The van der Waals surface area contributed by atoms with E-state index < -0.39 is 10.8 Å². The van der Waals surface area contributed by atoms with Crippen molar-refractivity contribution >= 4 is 10.8 Å². The van der Waals surface area contributed by atoms with Crippen molar-refractivity contribution in [1.82, 2.24) is 5.32 Å². The van der Waals surface area contributed by atoms with Gasteiger partial charge in [0.2, 0.25) is 0 Å². The quantitative estimate of drug-likeness (QED) is 0.761. The summed E-state index contributed by atoms with van der Waals surface area (Å²) in [7, 11) is 0.881. The van der Waals surface area contributed by atoms with Crippen LogP contribution >= 0.6 is 0 Å². The standard InChI is InChI=1S/C16H27NO2S/c1-5-10-17-16(12-20(18)11-13(2)3)14-6-8-15(19-4)9-7-14/h6-9,13,16-17H,5,10-12H2,1-4H3. The minimum atomic E-state index is -0.785. The summed E-state index contributed by atoms with van der Waals surface area (Å²) in [6.07, 6.45) is 1.07. The van der Waals surface area contributed by atoms with Crippen molar-refractivity contribution in [3.63, 3.8) is 0 Å². The Bertz CT molecular complexity index is 403. The molecule has 0 aliphatic rings. The van der Waals surface area contributed by atoms with Crippen LogP contribution in [0.5, 0.6) is 5.75 Å². The molecule has 2 atom stereocenters. The monoisotopic (exact) mass is 297 g/mol. The van der Waals surface area contributed by atoms with Gasteiger partial charge in [0, 0.05) is 28.3 Å². The minimum absolute atomic E-state index is 0.153. The lowest BCUT2D eigenvalue weighted by atomic mass is 10.1. The van der Waals surface area contributed by atoms with E-state index in [-0.39, 0.29) is 6.04 Å². The normalized spacial score (nSPS) is 14.2. The van der Waals surface area contributed by atoms with Crippen LogP contribution in [0, 0.1) is 5.92 Å².